The largest absolute Gasteiger partial charge is 0.0616 e. The molecular formula is C38H22. The third-order valence-corrected chi connectivity index (χ3v) is 7.11. The van der Waals surface area contributed by atoms with Crippen LogP contribution in [0.2, 0.25) is 0 Å². The van der Waals surface area contributed by atoms with E-state index in [0.717, 1.165) is 22.3 Å². The molecule has 174 valence electrons. The molecule has 0 spiro atoms. The summed E-state index contributed by atoms with van der Waals surface area (Å²) in [5, 5.41) is 9.48. The molecule has 0 heteroatoms. The summed E-state index contributed by atoms with van der Waals surface area (Å²) in [5.41, 5.74) is 3.98. The van der Waals surface area contributed by atoms with Crippen LogP contribution in [0.25, 0.3) is 43.1 Å². The van der Waals surface area contributed by atoms with Crippen LogP contribution in [-0.4, -0.2) is 0 Å². The van der Waals surface area contributed by atoms with E-state index in [1.807, 2.05) is 12.1 Å². The minimum atomic E-state index is 0.932. The van der Waals surface area contributed by atoms with Crippen LogP contribution >= 0.6 is 0 Å². The maximum Gasteiger partial charge on any atom is 0.0405 e. The van der Waals surface area contributed by atoms with Crippen LogP contribution in [0.15, 0.2) is 133 Å². The van der Waals surface area contributed by atoms with Crippen molar-refractivity contribution in [2.24, 2.45) is 0 Å². The van der Waals surface area contributed by atoms with Crippen LogP contribution in [0.4, 0.5) is 0 Å². The first-order valence-electron chi connectivity index (χ1n) is 12.8. The van der Waals surface area contributed by atoms with Crippen molar-refractivity contribution >= 4 is 43.1 Å². The predicted molar refractivity (Wildman–Crippen MR) is 161 cm³/mol. The molecule has 7 aromatic carbocycles. The molecule has 0 N–H and O–H groups in total. The van der Waals surface area contributed by atoms with E-state index in [9.17, 15) is 0 Å². The summed E-state index contributed by atoms with van der Waals surface area (Å²) in [4.78, 5) is 0. The fourth-order valence-corrected chi connectivity index (χ4v) is 5.26. The number of hydrogen-bond acceptors (Lipinski definition) is 0. The molecule has 0 radical (unpaired) electrons. The average molecular weight is 479 g/mol. The summed E-state index contributed by atoms with van der Waals surface area (Å²) >= 11 is 0. The van der Waals surface area contributed by atoms with Crippen molar-refractivity contribution in [3.05, 3.63) is 156 Å². The highest BCUT2D eigenvalue weighted by Crippen LogP contribution is 2.29. The number of benzene rings is 7. The molecule has 0 nitrogen and oxygen atoms in total. The van der Waals surface area contributed by atoms with Crippen molar-refractivity contribution in [2.75, 3.05) is 0 Å². The van der Waals surface area contributed by atoms with Crippen molar-refractivity contribution in [3.63, 3.8) is 0 Å². The fraction of sp³-hybridized carbons (Fsp3) is 0. The van der Waals surface area contributed by atoms with Gasteiger partial charge in [-0.2, -0.15) is 0 Å². The van der Waals surface area contributed by atoms with Gasteiger partial charge in [-0.1, -0.05) is 133 Å². The van der Waals surface area contributed by atoms with Crippen molar-refractivity contribution in [2.45, 2.75) is 0 Å². The molecule has 0 aliphatic rings. The second kappa shape index (κ2) is 9.29. The topological polar surface area (TPSA) is 0 Å². The second-order valence-corrected chi connectivity index (χ2v) is 9.43. The number of rotatable bonds is 0. The zero-order chi connectivity index (χ0) is 25.3. The monoisotopic (exact) mass is 478 g/mol. The van der Waals surface area contributed by atoms with Gasteiger partial charge in [0.15, 0.2) is 0 Å². The van der Waals surface area contributed by atoms with Crippen LogP contribution in [0, 0.1) is 23.7 Å². The van der Waals surface area contributed by atoms with E-state index >= 15 is 0 Å². The Bertz CT molecular complexity index is 1880. The summed E-state index contributed by atoms with van der Waals surface area (Å²) in [6.45, 7) is 0. The Hall–Kier alpha value is -5.30. The standard InChI is InChI=1S/C38H22/c1-2-12-28(22-24-38-35-19-9-5-15-31(35)26-32-16-6-10-20-36(32)38)27(11-1)21-23-37-33-17-7-3-13-29(33)25-30-14-4-8-18-34(30)37/h1-20,25-26H. The van der Waals surface area contributed by atoms with Gasteiger partial charge in [0.05, 0.1) is 0 Å². The summed E-state index contributed by atoms with van der Waals surface area (Å²) in [6, 6.07) is 46.5. The lowest BCUT2D eigenvalue weighted by atomic mass is 9.96. The molecule has 7 aromatic rings. The molecule has 0 unspecified atom stereocenters. The molecule has 0 aromatic heterocycles. The predicted octanol–water partition coefficient (Wildman–Crippen LogP) is 9.10. The zero-order valence-corrected chi connectivity index (χ0v) is 20.7. The summed E-state index contributed by atoms with van der Waals surface area (Å²) in [6.07, 6.45) is 0. The molecule has 0 saturated carbocycles. The van der Waals surface area contributed by atoms with Crippen LogP contribution < -0.4 is 0 Å². The first-order valence-corrected chi connectivity index (χ1v) is 12.8. The van der Waals surface area contributed by atoms with E-state index in [1.165, 1.54) is 43.1 Å². The van der Waals surface area contributed by atoms with Gasteiger partial charge >= 0.3 is 0 Å². The molecule has 0 saturated heterocycles. The van der Waals surface area contributed by atoms with Gasteiger partial charge in [-0.25, -0.2) is 0 Å². The van der Waals surface area contributed by atoms with Gasteiger partial charge in [0, 0.05) is 22.3 Å². The zero-order valence-electron chi connectivity index (χ0n) is 20.7. The van der Waals surface area contributed by atoms with E-state index in [4.69, 9.17) is 0 Å². The molecule has 0 aliphatic carbocycles. The Morgan fingerprint density at radius 1 is 0.289 bits per heavy atom. The Balaban J connectivity index is 1.40. The summed E-state index contributed by atoms with van der Waals surface area (Å²) in [5.74, 6) is 14.0. The maximum atomic E-state index is 3.53. The molecule has 0 bridgehead atoms. The fourth-order valence-electron chi connectivity index (χ4n) is 5.26. The van der Waals surface area contributed by atoms with Crippen LogP contribution in [-0.2, 0) is 0 Å². The lowest BCUT2D eigenvalue weighted by Gasteiger charge is -2.07. The van der Waals surface area contributed by atoms with E-state index in [1.54, 1.807) is 0 Å². The normalized spacial score (nSPS) is 10.7. The summed E-state index contributed by atoms with van der Waals surface area (Å²) in [7, 11) is 0. The smallest absolute Gasteiger partial charge is 0.0405 e. The number of hydrogen-bond donors (Lipinski definition) is 0. The van der Waals surface area contributed by atoms with Crippen molar-refractivity contribution in [1.82, 2.24) is 0 Å². The second-order valence-electron chi connectivity index (χ2n) is 9.43. The van der Waals surface area contributed by atoms with Gasteiger partial charge in [-0.15, -0.1) is 0 Å². The lowest BCUT2D eigenvalue weighted by Crippen LogP contribution is -1.87. The van der Waals surface area contributed by atoms with Gasteiger partial charge in [-0.05, 0) is 67.4 Å². The van der Waals surface area contributed by atoms with E-state index < -0.39 is 0 Å². The van der Waals surface area contributed by atoms with E-state index in [-0.39, 0.29) is 0 Å². The molecule has 38 heavy (non-hydrogen) atoms. The molecular weight excluding hydrogens is 456 g/mol. The molecule has 7 rings (SSSR count). The van der Waals surface area contributed by atoms with E-state index in [0.29, 0.717) is 0 Å². The van der Waals surface area contributed by atoms with Gasteiger partial charge in [0.1, 0.15) is 0 Å². The third kappa shape index (κ3) is 3.87. The SMILES string of the molecule is C(#Cc1c2ccccc2cc2ccccc12)c1ccccc1C#Cc1c2ccccc2cc2ccccc12. The van der Waals surface area contributed by atoms with Gasteiger partial charge < -0.3 is 0 Å². The molecule has 0 fully saturated rings. The first-order chi connectivity index (χ1) is 18.8. The van der Waals surface area contributed by atoms with Crippen LogP contribution in [0.5, 0.6) is 0 Å². The maximum absolute atomic E-state index is 3.53. The van der Waals surface area contributed by atoms with Crippen LogP contribution in [0.3, 0.4) is 0 Å². The average Bonchev–Trinajstić information content (AvgIpc) is 2.98. The third-order valence-electron chi connectivity index (χ3n) is 7.11. The Morgan fingerprint density at radius 3 is 0.921 bits per heavy atom. The Labute approximate surface area is 222 Å². The van der Waals surface area contributed by atoms with Crippen molar-refractivity contribution in [1.29, 1.82) is 0 Å². The van der Waals surface area contributed by atoms with Gasteiger partial charge in [-0.3, -0.25) is 0 Å². The first kappa shape index (κ1) is 21.9. The van der Waals surface area contributed by atoms with Gasteiger partial charge in [0.2, 0.25) is 0 Å². The molecule has 0 atom stereocenters. The Kier molecular flexibility index (Phi) is 5.37. The highest BCUT2D eigenvalue weighted by atomic mass is 14.1. The minimum Gasteiger partial charge on any atom is -0.0616 e. The van der Waals surface area contributed by atoms with Crippen molar-refractivity contribution in [3.8, 4) is 23.7 Å². The quantitative estimate of drug-likeness (QED) is 0.151. The lowest BCUT2D eigenvalue weighted by molar-refractivity contribution is 1.58. The highest BCUT2D eigenvalue weighted by molar-refractivity contribution is 6.05. The molecule has 0 aliphatic heterocycles. The highest BCUT2D eigenvalue weighted by Gasteiger charge is 2.07. The van der Waals surface area contributed by atoms with Crippen molar-refractivity contribution < 1.29 is 0 Å². The van der Waals surface area contributed by atoms with Gasteiger partial charge in [0.25, 0.3) is 0 Å². The summed E-state index contributed by atoms with van der Waals surface area (Å²) < 4.78 is 0. The molecule has 0 amide bonds. The Morgan fingerprint density at radius 2 is 0.579 bits per heavy atom. The van der Waals surface area contributed by atoms with E-state index in [2.05, 4.69) is 145 Å². The number of fused-ring (bicyclic) bond motifs is 4. The molecule has 0 heterocycles. The minimum absolute atomic E-state index is 0.932. The van der Waals surface area contributed by atoms with Crippen LogP contribution in [0.1, 0.15) is 22.3 Å².